The van der Waals surface area contributed by atoms with Crippen LogP contribution in [0.1, 0.15) is 18.5 Å². The van der Waals surface area contributed by atoms with E-state index in [4.69, 9.17) is 16.5 Å². The van der Waals surface area contributed by atoms with Crippen LogP contribution in [0.15, 0.2) is 35.6 Å². The number of nitrogens with zero attached hydrogens (tertiary/aromatic N) is 5. The fraction of sp³-hybridized carbons (Fsp3) is 0.450. The number of piperazine rings is 1. The van der Waals surface area contributed by atoms with E-state index in [-0.39, 0.29) is 6.04 Å². The molecule has 4 rings (SSSR count). The smallest absolute Gasteiger partial charge is 0.0922 e. The van der Waals surface area contributed by atoms with E-state index in [1.807, 2.05) is 6.07 Å². The van der Waals surface area contributed by atoms with Crippen molar-refractivity contribution in [1.82, 2.24) is 14.9 Å². The quantitative estimate of drug-likeness (QED) is 0.792. The highest BCUT2D eigenvalue weighted by Crippen LogP contribution is 2.24. The summed E-state index contributed by atoms with van der Waals surface area (Å²) in [5.74, 6) is 0. The summed E-state index contributed by atoms with van der Waals surface area (Å²) in [4.78, 5) is 18.7. The minimum absolute atomic E-state index is 0.283. The van der Waals surface area contributed by atoms with Crippen molar-refractivity contribution in [1.29, 1.82) is 0 Å². The number of hydrogen-bond donors (Lipinski definition) is 2. The Kier molecular flexibility index (Phi) is 5.05. The summed E-state index contributed by atoms with van der Waals surface area (Å²) in [6, 6.07) is 6.87. The van der Waals surface area contributed by atoms with Gasteiger partial charge in [0.25, 0.3) is 0 Å². The van der Waals surface area contributed by atoms with Gasteiger partial charge in [0.05, 0.1) is 29.0 Å². The fourth-order valence-electron chi connectivity index (χ4n) is 3.53. The van der Waals surface area contributed by atoms with Crippen molar-refractivity contribution in [2.45, 2.75) is 24.9 Å². The Morgan fingerprint density at radius 3 is 2.67 bits per heavy atom. The van der Waals surface area contributed by atoms with E-state index in [2.05, 4.69) is 39.0 Å². The van der Waals surface area contributed by atoms with E-state index in [1.165, 1.54) is 5.69 Å². The van der Waals surface area contributed by atoms with Gasteiger partial charge in [-0.3, -0.25) is 9.98 Å². The average molecular weight is 365 g/mol. The van der Waals surface area contributed by atoms with Gasteiger partial charge in [-0.25, -0.2) is 4.98 Å². The zero-order valence-electron chi connectivity index (χ0n) is 15.8. The summed E-state index contributed by atoms with van der Waals surface area (Å²) in [7, 11) is 2.16. The van der Waals surface area contributed by atoms with Crippen LogP contribution < -0.4 is 16.4 Å². The highest BCUT2D eigenvalue weighted by molar-refractivity contribution is 6.09. The van der Waals surface area contributed by atoms with Gasteiger partial charge in [0, 0.05) is 55.9 Å². The molecule has 0 radical (unpaired) electrons. The van der Waals surface area contributed by atoms with Crippen molar-refractivity contribution >= 4 is 28.5 Å². The van der Waals surface area contributed by atoms with Crippen LogP contribution in [0.5, 0.6) is 0 Å². The lowest BCUT2D eigenvalue weighted by atomic mass is 9.88. The highest BCUT2D eigenvalue weighted by atomic mass is 15.2. The first-order valence-electron chi connectivity index (χ1n) is 9.53. The maximum atomic E-state index is 5.82. The Labute approximate surface area is 159 Å². The number of nitrogens with two attached hydrogens (primary N) is 2. The molecule has 1 saturated heterocycles. The molecule has 2 aromatic rings. The van der Waals surface area contributed by atoms with Crippen molar-refractivity contribution in [3.63, 3.8) is 0 Å². The summed E-state index contributed by atoms with van der Waals surface area (Å²) in [6.07, 6.45) is 6.98. The van der Waals surface area contributed by atoms with Crippen molar-refractivity contribution in [3.05, 3.63) is 36.3 Å². The predicted molar refractivity (Wildman–Crippen MR) is 111 cm³/mol. The summed E-state index contributed by atoms with van der Waals surface area (Å²) in [6.45, 7) is 4.20. The first kappa shape index (κ1) is 17.9. The predicted octanol–water partition coefficient (Wildman–Crippen LogP) is 1.24. The average Bonchev–Trinajstić information content (AvgIpc) is 2.67. The van der Waals surface area contributed by atoms with E-state index in [9.17, 15) is 0 Å². The van der Waals surface area contributed by atoms with E-state index in [0.29, 0.717) is 6.04 Å². The topological polar surface area (TPSA) is 96.7 Å². The second-order valence-electron chi connectivity index (χ2n) is 7.50. The molecule has 1 aromatic heterocycles. The zero-order valence-corrected chi connectivity index (χ0v) is 15.8. The minimum atomic E-state index is 0.283. The van der Waals surface area contributed by atoms with Crippen LogP contribution >= 0.6 is 0 Å². The first-order chi connectivity index (χ1) is 13.1. The zero-order chi connectivity index (χ0) is 18.8. The van der Waals surface area contributed by atoms with E-state index in [0.717, 1.165) is 61.3 Å². The number of benzene rings is 1. The molecule has 2 aliphatic rings. The van der Waals surface area contributed by atoms with Crippen LogP contribution in [0.25, 0.3) is 16.6 Å². The number of aromatic nitrogens is 2. The van der Waals surface area contributed by atoms with Crippen molar-refractivity contribution in [3.8, 4) is 0 Å². The maximum absolute atomic E-state index is 5.82. The monoisotopic (exact) mass is 365 g/mol. The summed E-state index contributed by atoms with van der Waals surface area (Å²) >= 11 is 0. The molecule has 0 unspecified atom stereocenters. The van der Waals surface area contributed by atoms with Gasteiger partial charge in [-0.1, -0.05) is 0 Å². The first-order valence-corrected chi connectivity index (χ1v) is 9.53. The third-order valence-corrected chi connectivity index (χ3v) is 5.44. The molecular formula is C20H27N7. The third kappa shape index (κ3) is 3.94. The van der Waals surface area contributed by atoms with Crippen molar-refractivity contribution < 1.29 is 0 Å². The van der Waals surface area contributed by atoms with Gasteiger partial charge in [-0.2, -0.15) is 0 Å². The Hall–Kier alpha value is -2.51. The molecular weight excluding hydrogens is 338 g/mol. The van der Waals surface area contributed by atoms with Gasteiger partial charge in [-0.15, -0.1) is 0 Å². The molecule has 1 saturated carbocycles. The largest absolute Gasteiger partial charge is 0.404 e. The fourth-order valence-corrected chi connectivity index (χ4v) is 3.53. The number of anilines is 1. The molecule has 1 aliphatic heterocycles. The number of rotatable bonds is 4. The van der Waals surface area contributed by atoms with E-state index < -0.39 is 0 Å². The second-order valence-corrected chi connectivity index (χ2v) is 7.50. The molecule has 27 heavy (non-hydrogen) atoms. The molecule has 0 spiro atoms. The van der Waals surface area contributed by atoms with Crippen LogP contribution in [0, 0.1) is 0 Å². The van der Waals surface area contributed by atoms with Crippen molar-refractivity contribution in [2.75, 3.05) is 38.1 Å². The number of allylic oxidation sites excluding steroid dienone is 1. The number of fused-ring (bicyclic) bond motifs is 1. The van der Waals surface area contributed by atoms with Gasteiger partial charge in [-0.05, 0) is 38.1 Å². The number of likely N-dealkylation sites (N-methyl/N-ethyl adjacent to an activating group) is 1. The Balaban J connectivity index is 1.56. The lowest BCUT2D eigenvalue weighted by molar-refractivity contribution is 0.313. The molecule has 7 heteroatoms. The molecule has 2 heterocycles. The van der Waals surface area contributed by atoms with E-state index in [1.54, 1.807) is 18.6 Å². The highest BCUT2D eigenvalue weighted by Gasteiger charge is 2.24. The molecule has 7 nitrogen and oxygen atoms in total. The molecule has 142 valence electrons. The lowest BCUT2D eigenvalue weighted by Crippen LogP contribution is -2.44. The summed E-state index contributed by atoms with van der Waals surface area (Å²) in [5.41, 5.74) is 16.1. The van der Waals surface area contributed by atoms with Crippen LogP contribution in [-0.2, 0) is 0 Å². The molecule has 2 fully saturated rings. The summed E-state index contributed by atoms with van der Waals surface area (Å²) in [5, 5.41) is 0. The lowest BCUT2D eigenvalue weighted by Gasteiger charge is -2.34. The minimum Gasteiger partial charge on any atom is -0.404 e. The maximum Gasteiger partial charge on any atom is 0.0922 e. The van der Waals surface area contributed by atoms with Crippen LogP contribution in [0.2, 0.25) is 0 Å². The molecule has 4 N–H and O–H groups in total. The SMILES string of the molecule is CN1CCN(c2ccc3ncc(C(C=NC4CC(N)C4)=CN)nc3c2)CC1. The van der Waals surface area contributed by atoms with Gasteiger partial charge >= 0.3 is 0 Å². The van der Waals surface area contributed by atoms with Gasteiger partial charge in [0.2, 0.25) is 0 Å². The van der Waals surface area contributed by atoms with Gasteiger partial charge in [0.1, 0.15) is 0 Å². The van der Waals surface area contributed by atoms with E-state index >= 15 is 0 Å². The Morgan fingerprint density at radius 1 is 1.19 bits per heavy atom. The molecule has 0 bridgehead atoms. The Morgan fingerprint density at radius 2 is 1.96 bits per heavy atom. The molecule has 1 aliphatic carbocycles. The number of hydrogen-bond acceptors (Lipinski definition) is 7. The third-order valence-electron chi connectivity index (χ3n) is 5.44. The van der Waals surface area contributed by atoms with Crippen LogP contribution in [-0.4, -0.2) is 66.4 Å². The molecule has 0 atom stereocenters. The Bertz CT molecular complexity index is 862. The van der Waals surface area contributed by atoms with Gasteiger partial charge < -0.3 is 21.3 Å². The van der Waals surface area contributed by atoms with Gasteiger partial charge in [0.15, 0.2) is 0 Å². The second kappa shape index (κ2) is 7.62. The van der Waals surface area contributed by atoms with Crippen LogP contribution in [0.3, 0.4) is 0 Å². The van der Waals surface area contributed by atoms with Crippen LogP contribution in [0.4, 0.5) is 5.69 Å². The standard InChI is InChI=1S/C20H27N7/c1-26-4-6-27(7-5-26)17-2-3-18-19(10-17)25-20(13-24-18)14(11-21)12-23-16-8-15(22)9-16/h2-3,10-13,15-16H,4-9,21-22H2,1H3. The number of aliphatic imine (C=N–C) groups is 1. The summed E-state index contributed by atoms with van der Waals surface area (Å²) < 4.78 is 0. The molecule has 0 amide bonds. The van der Waals surface area contributed by atoms with Crippen molar-refractivity contribution in [2.24, 2.45) is 16.5 Å². The normalized spacial score (nSPS) is 24.5. The molecule has 1 aromatic carbocycles.